The van der Waals surface area contributed by atoms with Gasteiger partial charge in [-0.05, 0) is 75.2 Å². The molecule has 2 atom stereocenters. The standard InChI is InChI=1S/C19H29NO/c1-3-19(2,20-11-4-5-12-20)18(21)14-15-9-10-16-7-6-8-17(16)13-15/h9-10,13,18,21H,3-8,11-12,14H2,1-2H3. The van der Waals surface area contributed by atoms with Gasteiger partial charge in [-0.25, -0.2) is 0 Å². The Hall–Kier alpha value is -0.860. The summed E-state index contributed by atoms with van der Waals surface area (Å²) in [6.45, 7) is 6.75. The molecule has 1 heterocycles. The van der Waals surface area contributed by atoms with E-state index in [-0.39, 0.29) is 11.6 Å². The maximum absolute atomic E-state index is 10.9. The van der Waals surface area contributed by atoms with E-state index in [2.05, 4.69) is 36.9 Å². The first-order valence-electron chi connectivity index (χ1n) is 8.67. The van der Waals surface area contributed by atoms with Gasteiger partial charge in [0, 0.05) is 12.0 Å². The Kier molecular flexibility index (Phi) is 4.37. The third-order valence-electron chi connectivity index (χ3n) is 5.85. The highest BCUT2D eigenvalue weighted by molar-refractivity contribution is 5.35. The van der Waals surface area contributed by atoms with Crippen molar-refractivity contribution in [2.75, 3.05) is 13.1 Å². The average molecular weight is 287 g/mol. The van der Waals surface area contributed by atoms with E-state index in [0.717, 1.165) is 25.9 Å². The Bertz CT molecular complexity index is 492. The normalized spacial score (nSPS) is 23.0. The molecule has 2 heteroatoms. The predicted molar refractivity (Wildman–Crippen MR) is 87.7 cm³/mol. The number of benzene rings is 1. The highest BCUT2D eigenvalue weighted by Gasteiger charge is 2.38. The van der Waals surface area contributed by atoms with Crippen molar-refractivity contribution in [2.45, 2.75) is 70.4 Å². The lowest BCUT2D eigenvalue weighted by molar-refractivity contribution is -0.0117. The summed E-state index contributed by atoms with van der Waals surface area (Å²) < 4.78 is 0. The molecule has 116 valence electrons. The van der Waals surface area contributed by atoms with Crippen molar-refractivity contribution < 1.29 is 5.11 Å². The molecule has 1 aromatic rings. The molecule has 2 nitrogen and oxygen atoms in total. The summed E-state index contributed by atoms with van der Waals surface area (Å²) in [6.07, 6.45) is 7.83. The second-order valence-electron chi connectivity index (χ2n) is 7.08. The first kappa shape index (κ1) is 15.1. The lowest BCUT2D eigenvalue weighted by Gasteiger charge is -2.42. The number of hydrogen-bond acceptors (Lipinski definition) is 2. The van der Waals surface area contributed by atoms with Crippen molar-refractivity contribution in [3.63, 3.8) is 0 Å². The van der Waals surface area contributed by atoms with Crippen LogP contribution in [0.4, 0.5) is 0 Å². The highest BCUT2D eigenvalue weighted by Crippen LogP contribution is 2.30. The van der Waals surface area contributed by atoms with Crippen LogP contribution >= 0.6 is 0 Å². The molecule has 1 aliphatic carbocycles. The first-order valence-corrected chi connectivity index (χ1v) is 8.67. The van der Waals surface area contributed by atoms with Gasteiger partial charge in [-0.15, -0.1) is 0 Å². The molecule has 0 saturated carbocycles. The smallest absolute Gasteiger partial charge is 0.0761 e. The number of aliphatic hydroxyl groups is 1. The SMILES string of the molecule is CCC(C)(C(O)Cc1ccc2c(c1)CCC2)N1CCCC1. The van der Waals surface area contributed by atoms with Crippen LogP contribution in [0.1, 0.15) is 56.2 Å². The van der Waals surface area contributed by atoms with Crippen LogP contribution in [0.3, 0.4) is 0 Å². The maximum Gasteiger partial charge on any atom is 0.0761 e. The number of aliphatic hydroxyl groups excluding tert-OH is 1. The molecule has 2 aliphatic rings. The fourth-order valence-electron chi connectivity index (χ4n) is 4.09. The number of rotatable bonds is 5. The Labute approximate surface area is 129 Å². The predicted octanol–water partition coefficient (Wildman–Crippen LogP) is 3.34. The fraction of sp³-hybridized carbons (Fsp3) is 0.684. The summed E-state index contributed by atoms with van der Waals surface area (Å²) in [7, 11) is 0. The Morgan fingerprint density at radius 3 is 2.57 bits per heavy atom. The van der Waals surface area contributed by atoms with Crippen LogP contribution in [-0.2, 0) is 19.3 Å². The Morgan fingerprint density at radius 1 is 1.14 bits per heavy atom. The van der Waals surface area contributed by atoms with E-state index in [0.29, 0.717) is 0 Å². The van der Waals surface area contributed by atoms with Gasteiger partial charge in [0.15, 0.2) is 0 Å². The van der Waals surface area contributed by atoms with Crippen molar-refractivity contribution in [2.24, 2.45) is 0 Å². The third kappa shape index (κ3) is 2.89. The zero-order valence-electron chi connectivity index (χ0n) is 13.6. The minimum atomic E-state index is -0.278. The lowest BCUT2D eigenvalue weighted by atomic mass is 9.85. The monoisotopic (exact) mass is 287 g/mol. The van der Waals surface area contributed by atoms with E-state index in [4.69, 9.17) is 0 Å². The summed E-state index contributed by atoms with van der Waals surface area (Å²) in [5.41, 5.74) is 4.27. The van der Waals surface area contributed by atoms with Gasteiger partial charge >= 0.3 is 0 Å². The number of fused-ring (bicyclic) bond motifs is 1. The number of likely N-dealkylation sites (tertiary alicyclic amines) is 1. The molecule has 1 aliphatic heterocycles. The zero-order valence-corrected chi connectivity index (χ0v) is 13.6. The Morgan fingerprint density at radius 2 is 1.86 bits per heavy atom. The average Bonchev–Trinajstić information content (AvgIpc) is 3.17. The van der Waals surface area contributed by atoms with E-state index in [1.807, 2.05) is 0 Å². The topological polar surface area (TPSA) is 23.5 Å². The van der Waals surface area contributed by atoms with Gasteiger partial charge in [-0.2, -0.15) is 0 Å². The van der Waals surface area contributed by atoms with Gasteiger partial charge in [0.25, 0.3) is 0 Å². The van der Waals surface area contributed by atoms with Crippen LogP contribution in [0.25, 0.3) is 0 Å². The highest BCUT2D eigenvalue weighted by atomic mass is 16.3. The van der Waals surface area contributed by atoms with Gasteiger partial charge in [0.05, 0.1) is 6.10 Å². The number of nitrogens with zero attached hydrogens (tertiary/aromatic N) is 1. The second-order valence-corrected chi connectivity index (χ2v) is 7.08. The minimum absolute atomic E-state index is 0.0739. The summed E-state index contributed by atoms with van der Waals surface area (Å²) in [5, 5.41) is 10.9. The third-order valence-corrected chi connectivity index (χ3v) is 5.85. The van der Waals surface area contributed by atoms with E-state index >= 15 is 0 Å². The molecule has 0 spiro atoms. The largest absolute Gasteiger partial charge is 0.391 e. The van der Waals surface area contributed by atoms with Crippen LogP contribution in [0.5, 0.6) is 0 Å². The van der Waals surface area contributed by atoms with Gasteiger partial charge in [0.2, 0.25) is 0 Å². The quantitative estimate of drug-likeness (QED) is 0.898. The van der Waals surface area contributed by atoms with E-state index in [1.165, 1.54) is 48.8 Å². The van der Waals surface area contributed by atoms with Crippen LogP contribution in [0.2, 0.25) is 0 Å². The molecule has 0 amide bonds. The van der Waals surface area contributed by atoms with Gasteiger partial charge in [-0.3, -0.25) is 4.90 Å². The first-order chi connectivity index (χ1) is 10.1. The summed E-state index contributed by atoms with van der Waals surface area (Å²) >= 11 is 0. The summed E-state index contributed by atoms with van der Waals surface area (Å²) in [4.78, 5) is 2.50. The lowest BCUT2D eigenvalue weighted by Crippen LogP contribution is -2.53. The molecule has 2 unspecified atom stereocenters. The van der Waals surface area contributed by atoms with Gasteiger partial charge in [0.1, 0.15) is 0 Å². The van der Waals surface area contributed by atoms with Crippen LogP contribution < -0.4 is 0 Å². The molecule has 1 aromatic carbocycles. The second kappa shape index (κ2) is 6.10. The van der Waals surface area contributed by atoms with E-state index in [1.54, 1.807) is 0 Å². The van der Waals surface area contributed by atoms with Gasteiger partial charge in [-0.1, -0.05) is 25.1 Å². The van der Waals surface area contributed by atoms with Crippen molar-refractivity contribution >= 4 is 0 Å². The minimum Gasteiger partial charge on any atom is -0.391 e. The van der Waals surface area contributed by atoms with Gasteiger partial charge < -0.3 is 5.11 Å². The maximum atomic E-state index is 10.9. The summed E-state index contributed by atoms with van der Waals surface area (Å²) in [5.74, 6) is 0. The molecule has 21 heavy (non-hydrogen) atoms. The molecule has 0 aromatic heterocycles. The van der Waals surface area contributed by atoms with Crippen molar-refractivity contribution in [1.29, 1.82) is 0 Å². The van der Waals surface area contributed by atoms with Crippen LogP contribution in [0.15, 0.2) is 18.2 Å². The molecule has 1 N–H and O–H groups in total. The molecule has 1 fully saturated rings. The molecule has 1 saturated heterocycles. The van der Waals surface area contributed by atoms with E-state index in [9.17, 15) is 5.11 Å². The number of aryl methyl sites for hydroxylation is 2. The molecular formula is C19H29NO. The Balaban J connectivity index is 1.73. The zero-order chi connectivity index (χ0) is 14.9. The fourth-order valence-corrected chi connectivity index (χ4v) is 4.09. The van der Waals surface area contributed by atoms with Crippen molar-refractivity contribution in [3.8, 4) is 0 Å². The van der Waals surface area contributed by atoms with Crippen LogP contribution in [0, 0.1) is 0 Å². The summed E-state index contributed by atoms with van der Waals surface area (Å²) in [6, 6.07) is 6.85. The molecule has 0 radical (unpaired) electrons. The van der Waals surface area contributed by atoms with Crippen molar-refractivity contribution in [1.82, 2.24) is 4.90 Å². The van der Waals surface area contributed by atoms with Crippen LogP contribution in [-0.4, -0.2) is 34.7 Å². The number of hydrogen-bond donors (Lipinski definition) is 1. The molecule has 0 bridgehead atoms. The molecule has 3 rings (SSSR count). The van der Waals surface area contributed by atoms with E-state index < -0.39 is 0 Å². The molecular weight excluding hydrogens is 258 g/mol. The van der Waals surface area contributed by atoms with Crippen molar-refractivity contribution in [3.05, 3.63) is 34.9 Å².